The molecule has 1 aromatic rings. The second kappa shape index (κ2) is 7.01. The van der Waals surface area contributed by atoms with Crippen LogP contribution in [0.2, 0.25) is 0 Å². The van der Waals surface area contributed by atoms with Gasteiger partial charge in [-0.25, -0.2) is 0 Å². The predicted molar refractivity (Wildman–Crippen MR) is 75.9 cm³/mol. The molecule has 0 heterocycles. The third kappa shape index (κ3) is 4.95. The molecule has 0 aliphatic heterocycles. The van der Waals surface area contributed by atoms with Gasteiger partial charge in [0, 0.05) is 31.1 Å². The van der Waals surface area contributed by atoms with Crippen molar-refractivity contribution in [2.75, 3.05) is 31.3 Å². The molecule has 92 valence electrons. The molecule has 0 atom stereocenters. The Bertz CT molecular complexity index is 404. The van der Waals surface area contributed by atoms with E-state index in [-0.39, 0.29) is 5.91 Å². The van der Waals surface area contributed by atoms with Crippen molar-refractivity contribution in [3.8, 4) is 0 Å². The van der Waals surface area contributed by atoms with Crippen molar-refractivity contribution in [1.82, 2.24) is 4.90 Å². The molecule has 0 saturated heterocycles. The number of anilines is 1. The summed E-state index contributed by atoms with van der Waals surface area (Å²) < 4.78 is 0. The molecular formula is C13H18N2OS. The number of nitrogens with two attached hydrogens (primary N) is 1. The van der Waals surface area contributed by atoms with E-state index in [2.05, 4.69) is 0 Å². The highest BCUT2D eigenvalue weighted by atomic mass is 32.2. The van der Waals surface area contributed by atoms with E-state index in [4.69, 9.17) is 5.73 Å². The van der Waals surface area contributed by atoms with E-state index in [1.165, 1.54) is 0 Å². The number of hydrogen-bond acceptors (Lipinski definition) is 3. The first-order valence-corrected chi connectivity index (χ1v) is 6.80. The molecule has 0 bridgehead atoms. The van der Waals surface area contributed by atoms with Crippen molar-refractivity contribution >= 4 is 29.4 Å². The Balaban J connectivity index is 2.55. The molecule has 1 rings (SSSR count). The Morgan fingerprint density at radius 2 is 2.29 bits per heavy atom. The van der Waals surface area contributed by atoms with Crippen LogP contribution in [0.1, 0.15) is 5.56 Å². The average molecular weight is 250 g/mol. The maximum absolute atomic E-state index is 11.7. The van der Waals surface area contributed by atoms with Crippen molar-refractivity contribution in [2.45, 2.75) is 0 Å². The van der Waals surface area contributed by atoms with Gasteiger partial charge in [0.1, 0.15) is 0 Å². The highest BCUT2D eigenvalue weighted by Gasteiger charge is 2.03. The summed E-state index contributed by atoms with van der Waals surface area (Å²) >= 11 is 1.73. The van der Waals surface area contributed by atoms with E-state index in [9.17, 15) is 4.79 Å². The van der Waals surface area contributed by atoms with Gasteiger partial charge in [-0.15, -0.1) is 0 Å². The van der Waals surface area contributed by atoms with Gasteiger partial charge >= 0.3 is 0 Å². The second-order valence-corrected chi connectivity index (χ2v) is 4.74. The van der Waals surface area contributed by atoms with Crippen LogP contribution >= 0.6 is 11.8 Å². The number of rotatable bonds is 5. The normalized spacial score (nSPS) is 10.7. The monoisotopic (exact) mass is 250 g/mol. The Morgan fingerprint density at radius 3 is 2.94 bits per heavy atom. The maximum atomic E-state index is 11.7. The summed E-state index contributed by atoms with van der Waals surface area (Å²) in [7, 11) is 1.81. The van der Waals surface area contributed by atoms with E-state index in [1.807, 2.05) is 37.6 Å². The third-order valence-corrected chi connectivity index (χ3v) is 2.93. The van der Waals surface area contributed by atoms with E-state index in [0.29, 0.717) is 5.69 Å². The minimum Gasteiger partial charge on any atom is -0.399 e. The summed E-state index contributed by atoms with van der Waals surface area (Å²) in [5.41, 5.74) is 7.30. The number of nitrogens with zero attached hydrogens (tertiary/aromatic N) is 1. The predicted octanol–water partition coefficient (Wildman–Crippen LogP) is 2.10. The topological polar surface area (TPSA) is 46.3 Å². The Labute approximate surface area is 107 Å². The lowest BCUT2D eigenvalue weighted by molar-refractivity contribution is -0.124. The standard InChI is InChI=1S/C13H18N2OS/c1-15(8-9-17-2)13(16)7-6-11-4-3-5-12(14)10-11/h3-7,10H,8-9,14H2,1-2H3/b7-6+. The van der Waals surface area contributed by atoms with Crippen LogP contribution in [0, 0.1) is 0 Å². The molecule has 2 N–H and O–H groups in total. The fourth-order valence-electron chi connectivity index (χ4n) is 1.30. The van der Waals surface area contributed by atoms with Gasteiger partial charge in [0.15, 0.2) is 0 Å². The number of benzene rings is 1. The van der Waals surface area contributed by atoms with E-state index >= 15 is 0 Å². The highest BCUT2D eigenvalue weighted by molar-refractivity contribution is 7.98. The van der Waals surface area contributed by atoms with Crippen LogP contribution < -0.4 is 5.73 Å². The lowest BCUT2D eigenvalue weighted by atomic mass is 10.2. The Morgan fingerprint density at radius 1 is 1.53 bits per heavy atom. The van der Waals surface area contributed by atoms with Gasteiger partial charge in [-0.05, 0) is 30.0 Å². The maximum Gasteiger partial charge on any atom is 0.246 e. The average Bonchev–Trinajstić information content (AvgIpc) is 2.33. The van der Waals surface area contributed by atoms with Gasteiger partial charge in [-0.1, -0.05) is 12.1 Å². The molecule has 0 radical (unpaired) electrons. The minimum absolute atomic E-state index is 0.0153. The first-order chi connectivity index (χ1) is 8.13. The molecule has 0 fully saturated rings. The second-order valence-electron chi connectivity index (χ2n) is 3.76. The van der Waals surface area contributed by atoms with Crippen molar-refractivity contribution in [1.29, 1.82) is 0 Å². The zero-order valence-corrected chi connectivity index (χ0v) is 11.0. The van der Waals surface area contributed by atoms with Crippen LogP contribution in [0.15, 0.2) is 30.3 Å². The zero-order chi connectivity index (χ0) is 12.7. The van der Waals surface area contributed by atoms with Gasteiger partial charge in [-0.3, -0.25) is 4.79 Å². The van der Waals surface area contributed by atoms with Gasteiger partial charge < -0.3 is 10.6 Å². The zero-order valence-electron chi connectivity index (χ0n) is 10.2. The minimum atomic E-state index is 0.0153. The van der Waals surface area contributed by atoms with Crippen molar-refractivity contribution in [3.63, 3.8) is 0 Å². The lowest BCUT2D eigenvalue weighted by Crippen LogP contribution is -2.26. The van der Waals surface area contributed by atoms with Crippen LogP contribution in [0.5, 0.6) is 0 Å². The third-order valence-electron chi connectivity index (χ3n) is 2.34. The summed E-state index contributed by atoms with van der Waals surface area (Å²) in [6, 6.07) is 7.45. The molecule has 0 saturated carbocycles. The van der Waals surface area contributed by atoms with Crippen LogP contribution in [0.25, 0.3) is 6.08 Å². The van der Waals surface area contributed by atoms with Crippen LogP contribution in [-0.2, 0) is 4.79 Å². The van der Waals surface area contributed by atoms with E-state index in [1.54, 1.807) is 28.8 Å². The summed E-state index contributed by atoms with van der Waals surface area (Å²) in [5, 5.41) is 0. The molecule has 4 heteroatoms. The summed E-state index contributed by atoms with van der Waals surface area (Å²) in [6.45, 7) is 0.765. The molecule has 3 nitrogen and oxygen atoms in total. The van der Waals surface area contributed by atoms with Gasteiger partial charge in [0.05, 0.1) is 0 Å². The molecule has 0 aromatic heterocycles. The van der Waals surface area contributed by atoms with Gasteiger partial charge in [0.25, 0.3) is 0 Å². The Kier molecular flexibility index (Phi) is 5.63. The smallest absolute Gasteiger partial charge is 0.246 e. The summed E-state index contributed by atoms with van der Waals surface area (Å²) in [4.78, 5) is 13.4. The number of likely N-dealkylation sites (N-methyl/N-ethyl adjacent to an activating group) is 1. The highest BCUT2D eigenvalue weighted by Crippen LogP contribution is 2.08. The molecule has 1 amide bonds. The first-order valence-electron chi connectivity index (χ1n) is 5.41. The summed E-state index contributed by atoms with van der Waals surface area (Å²) in [6.07, 6.45) is 5.39. The first kappa shape index (κ1) is 13.6. The number of hydrogen-bond donors (Lipinski definition) is 1. The van der Waals surface area contributed by atoms with Crippen LogP contribution in [0.3, 0.4) is 0 Å². The molecule has 1 aromatic carbocycles. The Hall–Kier alpha value is -1.42. The molecule has 17 heavy (non-hydrogen) atoms. The fourth-order valence-corrected chi connectivity index (χ4v) is 1.75. The van der Waals surface area contributed by atoms with Gasteiger partial charge in [0.2, 0.25) is 5.91 Å². The molecular weight excluding hydrogens is 232 g/mol. The van der Waals surface area contributed by atoms with Crippen molar-refractivity contribution < 1.29 is 4.79 Å². The van der Waals surface area contributed by atoms with Crippen LogP contribution in [0.4, 0.5) is 5.69 Å². The number of carbonyl (C=O) groups excluding carboxylic acids is 1. The van der Waals surface area contributed by atoms with Gasteiger partial charge in [-0.2, -0.15) is 11.8 Å². The van der Waals surface area contributed by atoms with E-state index in [0.717, 1.165) is 17.9 Å². The lowest BCUT2D eigenvalue weighted by Gasteiger charge is -2.13. The fraction of sp³-hybridized carbons (Fsp3) is 0.308. The quantitative estimate of drug-likeness (QED) is 0.643. The number of thioether (sulfide) groups is 1. The van der Waals surface area contributed by atoms with Crippen LogP contribution in [-0.4, -0.2) is 36.4 Å². The van der Waals surface area contributed by atoms with E-state index < -0.39 is 0 Å². The van der Waals surface area contributed by atoms with Crippen molar-refractivity contribution in [3.05, 3.63) is 35.9 Å². The molecule has 0 aliphatic rings. The molecule has 0 aliphatic carbocycles. The largest absolute Gasteiger partial charge is 0.399 e. The van der Waals surface area contributed by atoms with Crippen molar-refractivity contribution in [2.24, 2.45) is 0 Å². The SMILES string of the molecule is CSCCN(C)C(=O)/C=C/c1cccc(N)c1. The molecule has 0 unspecified atom stereocenters. The number of nitrogen functional groups attached to an aromatic ring is 1. The summed E-state index contributed by atoms with van der Waals surface area (Å²) in [5.74, 6) is 0.968. The number of amides is 1. The number of carbonyl (C=O) groups is 1. The molecule has 0 spiro atoms.